The van der Waals surface area contributed by atoms with Crippen LogP contribution in [0.1, 0.15) is 11.1 Å². The molecular formula is C23H20Cl2N2O5S. The lowest BCUT2D eigenvalue weighted by molar-refractivity contribution is -0.139. The molecule has 0 bridgehead atoms. The first kappa shape index (κ1) is 23.6. The predicted octanol–water partition coefficient (Wildman–Crippen LogP) is 4.47. The van der Waals surface area contributed by atoms with Gasteiger partial charge in [0, 0.05) is 28.7 Å². The smallest absolute Gasteiger partial charge is 0.294 e. The molecule has 0 atom stereocenters. The predicted molar refractivity (Wildman–Crippen MR) is 127 cm³/mol. The molecule has 2 aromatic carbocycles. The summed E-state index contributed by atoms with van der Waals surface area (Å²) in [4.78, 5) is 40.3. The number of hydrogen-bond acceptors (Lipinski definition) is 6. The van der Waals surface area contributed by atoms with Crippen LogP contribution in [0.2, 0.25) is 10.0 Å². The van der Waals surface area contributed by atoms with Crippen molar-refractivity contribution in [3.8, 4) is 5.75 Å². The van der Waals surface area contributed by atoms with E-state index in [9.17, 15) is 14.4 Å². The number of rotatable bonds is 6. The Morgan fingerprint density at radius 3 is 2.39 bits per heavy atom. The van der Waals surface area contributed by atoms with Gasteiger partial charge in [-0.25, -0.2) is 0 Å². The van der Waals surface area contributed by atoms with Crippen LogP contribution in [0, 0.1) is 0 Å². The summed E-state index contributed by atoms with van der Waals surface area (Å²) in [6.07, 6.45) is 1.62. The summed E-state index contributed by atoms with van der Waals surface area (Å²) in [6.45, 7) is 1.79. The van der Waals surface area contributed by atoms with Crippen LogP contribution in [0.15, 0.2) is 47.4 Å². The van der Waals surface area contributed by atoms with Crippen LogP contribution in [0.25, 0.3) is 6.08 Å². The van der Waals surface area contributed by atoms with E-state index >= 15 is 0 Å². The summed E-state index contributed by atoms with van der Waals surface area (Å²) in [7, 11) is 0. The largest absolute Gasteiger partial charge is 0.489 e. The standard InChI is InChI=1S/C23H20Cl2N2O5S/c24-18-2-1-3-19(25)17(18)14-32-16-6-4-15(5-7-16)12-20-22(29)27(23(30)33-20)13-21(28)26-8-10-31-11-9-26/h1-7,12H,8-11,13-14H2/b20-12-. The highest BCUT2D eigenvalue weighted by Gasteiger charge is 2.37. The molecule has 10 heteroatoms. The van der Waals surface area contributed by atoms with Gasteiger partial charge in [-0.1, -0.05) is 41.4 Å². The van der Waals surface area contributed by atoms with E-state index in [-0.39, 0.29) is 24.0 Å². The zero-order valence-electron chi connectivity index (χ0n) is 17.5. The van der Waals surface area contributed by atoms with Crippen molar-refractivity contribution in [2.45, 2.75) is 6.61 Å². The van der Waals surface area contributed by atoms with E-state index in [0.717, 1.165) is 22.2 Å². The minimum atomic E-state index is -0.472. The van der Waals surface area contributed by atoms with Crippen molar-refractivity contribution in [2.75, 3.05) is 32.8 Å². The van der Waals surface area contributed by atoms with E-state index in [1.54, 1.807) is 53.4 Å². The van der Waals surface area contributed by atoms with Crippen molar-refractivity contribution in [1.29, 1.82) is 0 Å². The number of carbonyl (C=O) groups is 3. The molecule has 2 aromatic rings. The molecule has 2 fully saturated rings. The summed E-state index contributed by atoms with van der Waals surface area (Å²) >= 11 is 13.1. The monoisotopic (exact) mass is 506 g/mol. The van der Waals surface area contributed by atoms with Gasteiger partial charge in [0.15, 0.2) is 0 Å². The number of halogens is 2. The number of amides is 3. The van der Waals surface area contributed by atoms with E-state index in [1.807, 2.05) is 0 Å². The van der Waals surface area contributed by atoms with E-state index in [2.05, 4.69) is 0 Å². The fraction of sp³-hybridized carbons (Fsp3) is 0.261. The molecule has 0 saturated carbocycles. The van der Waals surface area contributed by atoms with Crippen LogP contribution in [0.5, 0.6) is 5.75 Å². The van der Waals surface area contributed by atoms with Crippen LogP contribution < -0.4 is 4.74 Å². The van der Waals surface area contributed by atoms with Gasteiger partial charge in [-0.2, -0.15) is 0 Å². The molecule has 0 unspecified atom stereocenters. The zero-order valence-corrected chi connectivity index (χ0v) is 19.8. The van der Waals surface area contributed by atoms with E-state index in [1.165, 1.54) is 0 Å². The molecule has 3 amide bonds. The Labute approximate surface area is 205 Å². The molecular weight excluding hydrogens is 487 g/mol. The minimum Gasteiger partial charge on any atom is -0.489 e. The maximum Gasteiger partial charge on any atom is 0.294 e. The van der Waals surface area contributed by atoms with E-state index in [0.29, 0.717) is 47.7 Å². The number of morpholine rings is 1. The van der Waals surface area contributed by atoms with Gasteiger partial charge in [0.2, 0.25) is 5.91 Å². The fourth-order valence-electron chi connectivity index (χ4n) is 3.32. The second kappa shape index (κ2) is 10.6. The number of hydrogen-bond donors (Lipinski definition) is 0. The van der Waals surface area contributed by atoms with E-state index in [4.69, 9.17) is 32.7 Å². The molecule has 172 valence electrons. The molecule has 0 N–H and O–H groups in total. The molecule has 0 radical (unpaired) electrons. The van der Waals surface area contributed by atoms with E-state index < -0.39 is 11.1 Å². The molecule has 0 aromatic heterocycles. The van der Waals surface area contributed by atoms with Crippen molar-refractivity contribution in [3.05, 3.63) is 68.5 Å². The highest BCUT2D eigenvalue weighted by atomic mass is 35.5. The first-order chi connectivity index (χ1) is 15.9. The molecule has 0 aliphatic carbocycles. The lowest BCUT2D eigenvalue weighted by Crippen LogP contribution is -2.46. The van der Waals surface area contributed by atoms with Crippen molar-refractivity contribution >= 4 is 58.1 Å². The maximum atomic E-state index is 12.7. The number of ether oxygens (including phenoxy) is 2. The topological polar surface area (TPSA) is 76.2 Å². The molecule has 2 aliphatic heterocycles. The number of thioether (sulfide) groups is 1. The molecule has 2 saturated heterocycles. The highest BCUT2D eigenvalue weighted by molar-refractivity contribution is 8.18. The Kier molecular flexibility index (Phi) is 7.60. The molecule has 33 heavy (non-hydrogen) atoms. The number of benzene rings is 2. The van der Waals surface area contributed by atoms with Gasteiger partial charge in [-0.15, -0.1) is 0 Å². The lowest BCUT2D eigenvalue weighted by atomic mass is 10.2. The molecule has 0 spiro atoms. The molecule has 7 nitrogen and oxygen atoms in total. The Balaban J connectivity index is 1.38. The van der Waals surface area contributed by atoms with Crippen molar-refractivity contribution < 1.29 is 23.9 Å². The van der Waals surface area contributed by atoms with Crippen LogP contribution in [0.4, 0.5) is 4.79 Å². The third-order valence-corrected chi connectivity index (χ3v) is 6.77. The van der Waals surface area contributed by atoms with Gasteiger partial charge < -0.3 is 14.4 Å². The number of imide groups is 1. The highest BCUT2D eigenvalue weighted by Crippen LogP contribution is 2.32. The van der Waals surface area contributed by atoms with Gasteiger partial charge in [-0.3, -0.25) is 19.3 Å². The van der Waals surface area contributed by atoms with Crippen LogP contribution in [-0.4, -0.2) is 59.7 Å². The summed E-state index contributed by atoms with van der Waals surface area (Å²) in [5.74, 6) is -0.130. The first-order valence-corrected chi connectivity index (χ1v) is 11.8. The van der Waals surface area contributed by atoms with Crippen molar-refractivity contribution in [3.63, 3.8) is 0 Å². The summed E-state index contributed by atoms with van der Waals surface area (Å²) in [5.41, 5.74) is 1.42. The average molecular weight is 507 g/mol. The summed E-state index contributed by atoms with van der Waals surface area (Å²) in [5, 5.41) is 0.605. The van der Waals surface area contributed by atoms with Gasteiger partial charge in [-0.05, 0) is 47.7 Å². The van der Waals surface area contributed by atoms with Gasteiger partial charge >= 0.3 is 0 Å². The second-order valence-corrected chi connectivity index (χ2v) is 9.13. The van der Waals surface area contributed by atoms with Gasteiger partial charge in [0.1, 0.15) is 18.9 Å². The summed E-state index contributed by atoms with van der Waals surface area (Å²) < 4.78 is 11.0. The average Bonchev–Trinajstić information content (AvgIpc) is 3.07. The van der Waals surface area contributed by atoms with Crippen LogP contribution in [0.3, 0.4) is 0 Å². The quantitative estimate of drug-likeness (QED) is 0.538. The van der Waals surface area contributed by atoms with Gasteiger partial charge in [0.25, 0.3) is 11.1 Å². The zero-order chi connectivity index (χ0) is 23.4. The van der Waals surface area contributed by atoms with Crippen molar-refractivity contribution in [2.24, 2.45) is 0 Å². The summed E-state index contributed by atoms with van der Waals surface area (Å²) in [6, 6.07) is 12.3. The lowest BCUT2D eigenvalue weighted by Gasteiger charge is -2.28. The Bertz CT molecular complexity index is 1080. The van der Waals surface area contributed by atoms with Crippen LogP contribution in [-0.2, 0) is 20.9 Å². The second-order valence-electron chi connectivity index (χ2n) is 7.32. The van der Waals surface area contributed by atoms with Crippen LogP contribution >= 0.6 is 35.0 Å². The minimum absolute atomic E-state index is 0.216. The number of nitrogens with zero attached hydrogens (tertiary/aromatic N) is 2. The van der Waals surface area contributed by atoms with Crippen molar-refractivity contribution in [1.82, 2.24) is 9.80 Å². The third-order valence-electron chi connectivity index (χ3n) is 5.15. The van der Waals surface area contributed by atoms with Gasteiger partial charge in [0.05, 0.1) is 18.1 Å². The number of carbonyl (C=O) groups excluding carboxylic acids is 3. The SMILES string of the molecule is O=C(CN1C(=O)S/C(=C\c2ccc(OCc3c(Cl)cccc3Cl)cc2)C1=O)N1CCOCC1. The molecule has 2 heterocycles. The molecule has 4 rings (SSSR count). The Morgan fingerprint density at radius 1 is 1.06 bits per heavy atom. The Hall–Kier alpha value is -2.52. The fourth-order valence-corrected chi connectivity index (χ4v) is 4.67. The normalized spacial score (nSPS) is 17.7. The Morgan fingerprint density at radius 2 is 1.73 bits per heavy atom. The maximum absolute atomic E-state index is 12.7. The first-order valence-electron chi connectivity index (χ1n) is 10.2. The molecule has 2 aliphatic rings. The third kappa shape index (κ3) is 5.70.